The first-order valence-electron chi connectivity index (χ1n) is 6.84. The van der Waals surface area contributed by atoms with E-state index in [-0.39, 0.29) is 6.04 Å². The number of benzene rings is 1. The van der Waals surface area contributed by atoms with Crippen LogP contribution in [0.1, 0.15) is 36.1 Å². The molecule has 114 valence electrons. The van der Waals surface area contributed by atoms with Gasteiger partial charge in [0.2, 0.25) is 0 Å². The molecule has 0 fully saturated rings. The van der Waals surface area contributed by atoms with Crippen molar-refractivity contribution in [2.24, 2.45) is 5.73 Å². The number of hydrogen-bond donors (Lipinski definition) is 1. The Bertz CT molecular complexity index is 573. The summed E-state index contributed by atoms with van der Waals surface area (Å²) in [4.78, 5) is 0. The third kappa shape index (κ3) is 4.07. The van der Waals surface area contributed by atoms with Crippen LogP contribution in [0.25, 0.3) is 0 Å². The van der Waals surface area contributed by atoms with Crippen LogP contribution in [0.15, 0.2) is 36.7 Å². The highest BCUT2D eigenvalue weighted by molar-refractivity contribution is 5.26. The molecule has 0 saturated carbocycles. The van der Waals surface area contributed by atoms with Gasteiger partial charge in [0.25, 0.3) is 0 Å². The van der Waals surface area contributed by atoms with Crippen molar-refractivity contribution in [3.05, 3.63) is 53.3 Å². The molecule has 2 N–H and O–H groups in total. The van der Waals surface area contributed by atoms with Crippen LogP contribution in [0.5, 0.6) is 0 Å². The molecule has 0 amide bonds. The van der Waals surface area contributed by atoms with Gasteiger partial charge in [-0.05, 0) is 30.5 Å². The van der Waals surface area contributed by atoms with Gasteiger partial charge in [-0.3, -0.25) is 4.68 Å². The summed E-state index contributed by atoms with van der Waals surface area (Å²) in [6.45, 7) is 2.89. The second kappa shape index (κ2) is 6.30. The molecule has 1 heterocycles. The van der Waals surface area contributed by atoms with Crippen molar-refractivity contribution in [2.75, 3.05) is 0 Å². The third-order valence-corrected chi connectivity index (χ3v) is 3.27. The number of hydrogen-bond acceptors (Lipinski definition) is 2. The minimum absolute atomic E-state index is 0.271. The summed E-state index contributed by atoms with van der Waals surface area (Å²) in [5.41, 5.74) is 7.11. The van der Waals surface area contributed by atoms with E-state index in [0.29, 0.717) is 6.42 Å². The highest BCUT2D eigenvalue weighted by Crippen LogP contribution is 2.29. The van der Waals surface area contributed by atoms with Gasteiger partial charge >= 0.3 is 6.18 Å². The van der Waals surface area contributed by atoms with Crippen LogP contribution < -0.4 is 5.73 Å². The molecule has 0 aliphatic carbocycles. The van der Waals surface area contributed by atoms with Crippen molar-refractivity contribution in [3.63, 3.8) is 0 Å². The van der Waals surface area contributed by atoms with Gasteiger partial charge in [0, 0.05) is 24.3 Å². The number of alkyl halides is 3. The van der Waals surface area contributed by atoms with Crippen molar-refractivity contribution in [1.82, 2.24) is 9.78 Å². The van der Waals surface area contributed by atoms with E-state index in [2.05, 4.69) is 12.0 Å². The number of halogens is 3. The highest BCUT2D eigenvalue weighted by Gasteiger charge is 2.29. The number of nitrogens with two attached hydrogens (primary N) is 1. The second-order valence-corrected chi connectivity index (χ2v) is 5.04. The quantitative estimate of drug-likeness (QED) is 0.917. The van der Waals surface area contributed by atoms with Gasteiger partial charge in [-0.1, -0.05) is 19.1 Å². The fraction of sp³-hybridized carbons (Fsp3) is 0.400. The Morgan fingerprint density at radius 2 is 1.90 bits per heavy atom. The van der Waals surface area contributed by atoms with E-state index in [1.54, 1.807) is 6.20 Å². The maximum atomic E-state index is 12.5. The molecule has 0 saturated heterocycles. The molecule has 2 aromatic rings. The first-order chi connectivity index (χ1) is 9.90. The Morgan fingerprint density at radius 3 is 2.48 bits per heavy atom. The fourth-order valence-electron chi connectivity index (χ4n) is 2.12. The lowest BCUT2D eigenvalue weighted by Crippen LogP contribution is -2.13. The lowest BCUT2D eigenvalue weighted by molar-refractivity contribution is -0.137. The van der Waals surface area contributed by atoms with Gasteiger partial charge in [-0.2, -0.15) is 18.3 Å². The first kappa shape index (κ1) is 15.6. The molecular weight excluding hydrogens is 279 g/mol. The number of aryl methyl sites for hydroxylation is 1. The van der Waals surface area contributed by atoms with Crippen LogP contribution in [0.4, 0.5) is 13.2 Å². The Hall–Kier alpha value is -1.82. The van der Waals surface area contributed by atoms with E-state index < -0.39 is 11.7 Å². The molecule has 1 aromatic heterocycles. The van der Waals surface area contributed by atoms with Gasteiger partial charge in [0.05, 0.1) is 11.8 Å². The highest BCUT2D eigenvalue weighted by atomic mass is 19.4. The van der Waals surface area contributed by atoms with Crippen LogP contribution in [-0.2, 0) is 19.1 Å². The van der Waals surface area contributed by atoms with Gasteiger partial charge in [-0.15, -0.1) is 0 Å². The fourth-order valence-corrected chi connectivity index (χ4v) is 2.12. The minimum atomic E-state index is -4.30. The smallest absolute Gasteiger partial charge is 0.324 e. The number of aromatic nitrogens is 2. The van der Waals surface area contributed by atoms with Crippen molar-refractivity contribution < 1.29 is 13.2 Å². The maximum absolute atomic E-state index is 12.5. The molecule has 0 aliphatic heterocycles. The third-order valence-electron chi connectivity index (χ3n) is 3.27. The van der Waals surface area contributed by atoms with E-state index in [0.717, 1.165) is 36.2 Å². The van der Waals surface area contributed by atoms with E-state index in [1.165, 1.54) is 12.1 Å². The molecule has 0 spiro atoms. The van der Waals surface area contributed by atoms with Gasteiger partial charge in [0.15, 0.2) is 0 Å². The van der Waals surface area contributed by atoms with Crippen molar-refractivity contribution >= 4 is 0 Å². The van der Waals surface area contributed by atoms with Gasteiger partial charge < -0.3 is 5.73 Å². The van der Waals surface area contributed by atoms with Crippen molar-refractivity contribution in [3.8, 4) is 0 Å². The van der Waals surface area contributed by atoms with Crippen molar-refractivity contribution in [2.45, 2.75) is 38.5 Å². The average molecular weight is 297 g/mol. The minimum Gasteiger partial charge on any atom is -0.324 e. The monoisotopic (exact) mass is 297 g/mol. The van der Waals surface area contributed by atoms with E-state index >= 15 is 0 Å². The molecule has 0 radical (unpaired) electrons. The SMILES string of the molecule is CCCn1cc(C(N)Cc2ccc(C(F)(F)F)cc2)cn1. The topological polar surface area (TPSA) is 43.8 Å². The Balaban J connectivity index is 2.03. The standard InChI is InChI=1S/C15H18F3N3/c1-2-7-21-10-12(9-20-21)14(19)8-11-3-5-13(6-4-11)15(16,17)18/h3-6,9-10,14H,2,7-8,19H2,1H3. The average Bonchev–Trinajstić information content (AvgIpc) is 2.87. The molecule has 6 heteroatoms. The summed E-state index contributed by atoms with van der Waals surface area (Å²) in [5.74, 6) is 0. The number of rotatable bonds is 5. The lowest BCUT2D eigenvalue weighted by atomic mass is 10.0. The Labute approximate surface area is 121 Å². The Morgan fingerprint density at radius 1 is 1.24 bits per heavy atom. The molecule has 0 bridgehead atoms. The van der Waals surface area contributed by atoms with E-state index in [4.69, 9.17) is 5.73 Å². The van der Waals surface area contributed by atoms with Crippen molar-refractivity contribution in [1.29, 1.82) is 0 Å². The zero-order chi connectivity index (χ0) is 15.5. The summed E-state index contributed by atoms with van der Waals surface area (Å²) in [5, 5.41) is 4.20. The molecule has 1 unspecified atom stereocenters. The summed E-state index contributed by atoms with van der Waals surface area (Å²) in [6, 6.07) is 4.84. The zero-order valence-corrected chi connectivity index (χ0v) is 11.8. The Kier molecular flexibility index (Phi) is 4.67. The molecule has 21 heavy (non-hydrogen) atoms. The zero-order valence-electron chi connectivity index (χ0n) is 11.8. The largest absolute Gasteiger partial charge is 0.416 e. The van der Waals surface area contributed by atoms with Crippen LogP contribution in [-0.4, -0.2) is 9.78 Å². The van der Waals surface area contributed by atoms with Gasteiger partial charge in [0.1, 0.15) is 0 Å². The normalized spacial score (nSPS) is 13.4. The van der Waals surface area contributed by atoms with Crippen LogP contribution in [0.2, 0.25) is 0 Å². The summed E-state index contributed by atoms with van der Waals surface area (Å²) in [6.07, 6.45) is 0.760. The molecule has 0 aliphatic rings. The summed E-state index contributed by atoms with van der Waals surface area (Å²) >= 11 is 0. The molecule has 1 atom stereocenters. The first-order valence-corrected chi connectivity index (χ1v) is 6.84. The second-order valence-electron chi connectivity index (χ2n) is 5.04. The number of nitrogens with zero attached hydrogens (tertiary/aromatic N) is 2. The molecule has 2 rings (SSSR count). The van der Waals surface area contributed by atoms with Crippen LogP contribution in [0, 0.1) is 0 Å². The summed E-state index contributed by atoms with van der Waals surface area (Å²) < 4.78 is 39.3. The van der Waals surface area contributed by atoms with Gasteiger partial charge in [-0.25, -0.2) is 0 Å². The molecule has 1 aromatic carbocycles. The summed E-state index contributed by atoms with van der Waals surface area (Å²) in [7, 11) is 0. The van der Waals surface area contributed by atoms with E-state index in [9.17, 15) is 13.2 Å². The lowest BCUT2D eigenvalue weighted by Gasteiger charge is -2.11. The van der Waals surface area contributed by atoms with E-state index in [1.807, 2.05) is 10.9 Å². The maximum Gasteiger partial charge on any atom is 0.416 e. The predicted octanol–water partition coefficient (Wildman–Crippen LogP) is 3.55. The van der Waals surface area contributed by atoms with Crippen LogP contribution >= 0.6 is 0 Å². The van der Waals surface area contributed by atoms with Crippen LogP contribution in [0.3, 0.4) is 0 Å². The predicted molar refractivity (Wildman–Crippen MR) is 74.6 cm³/mol. The molecule has 3 nitrogen and oxygen atoms in total. The molecular formula is C15H18F3N3.